The summed E-state index contributed by atoms with van der Waals surface area (Å²) in [7, 11) is 1.65. The molecule has 0 unspecified atom stereocenters. The van der Waals surface area contributed by atoms with Crippen LogP contribution >= 0.6 is 0 Å². The third-order valence-electron chi connectivity index (χ3n) is 1.97. The Kier molecular flexibility index (Phi) is 1.52. The van der Waals surface area contributed by atoms with Crippen LogP contribution in [-0.2, 0) is 7.05 Å². The highest BCUT2D eigenvalue weighted by Gasteiger charge is 2.09. The van der Waals surface area contributed by atoms with Crippen molar-refractivity contribution >= 4 is 10.9 Å². The first-order valence-corrected chi connectivity index (χ1v) is 3.74. The largest absolute Gasteiger partial charge is 0.265 e. The summed E-state index contributed by atoms with van der Waals surface area (Å²) in [5.74, 6) is -0.353. The summed E-state index contributed by atoms with van der Waals surface area (Å²) in [6, 6.07) is 4.73. The van der Waals surface area contributed by atoms with E-state index in [1.807, 2.05) is 6.07 Å². The van der Waals surface area contributed by atoms with E-state index < -0.39 is 0 Å². The van der Waals surface area contributed by atoms with E-state index >= 15 is 0 Å². The van der Waals surface area contributed by atoms with Gasteiger partial charge in [0.15, 0.2) is 0 Å². The zero-order valence-electron chi connectivity index (χ0n) is 6.95. The first-order valence-electron chi connectivity index (χ1n) is 3.74. The molecule has 0 aliphatic rings. The molecule has 64 valence electrons. The van der Waals surface area contributed by atoms with Crippen LogP contribution in [0.4, 0.5) is 4.39 Å². The molecule has 4 heteroatoms. The Balaban J connectivity index is 2.97. The van der Waals surface area contributed by atoms with Crippen LogP contribution in [0.25, 0.3) is 10.9 Å². The van der Waals surface area contributed by atoms with Crippen molar-refractivity contribution in [2.45, 2.75) is 0 Å². The third kappa shape index (κ3) is 0.975. The molecule has 0 radical (unpaired) electrons. The van der Waals surface area contributed by atoms with Gasteiger partial charge in [-0.05, 0) is 12.1 Å². The van der Waals surface area contributed by atoms with Crippen molar-refractivity contribution in [3.05, 3.63) is 29.7 Å². The number of benzene rings is 1. The smallest absolute Gasteiger partial charge is 0.149 e. The molecule has 3 nitrogen and oxygen atoms in total. The SMILES string of the molecule is Cn1ncc2c(C#N)ccc(F)c21. The van der Waals surface area contributed by atoms with E-state index in [2.05, 4.69) is 5.10 Å². The molecule has 0 amide bonds. The Morgan fingerprint density at radius 2 is 2.31 bits per heavy atom. The van der Waals surface area contributed by atoms with E-state index in [-0.39, 0.29) is 5.82 Å². The topological polar surface area (TPSA) is 41.6 Å². The van der Waals surface area contributed by atoms with Crippen molar-refractivity contribution in [1.29, 1.82) is 5.26 Å². The molecule has 0 saturated carbocycles. The average Bonchev–Trinajstić information content (AvgIpc) is 2.50. The molecule has 1 aromatic carbocycles. The molecule has 2 rings (SSSR count). The number of fused-ring (bicyclic) bond motifs is 1. The maximum absolute atomic E-state index is 13.2. The Morgan fingerprint density at radius 1 is 1.54 bits per heavy atom. The van der Waals surface area contributed by atoms with E-state index in [0.29, 0.717) is 16.5 Å². The van der Waals surface area contributed by atoms with Gasteiger partial charge >= 0.3 is 0 Å². The predicted octanol–water partition coefficient (Wildman–Crippen LogP) is 1.58. The van der Waals surface area contributed by atoms with Gasteiger partial charge in [-0.3, -0.25) is 4.68 Å². The molecule has 0 N–H and O–H groups in total. The summed E-state index contributed by atoms with van der Waals surface area (Å²) >= 11 is 0. The van der Waals surface area contributed by atoms with Gasteiger partial charge in [-0.2, -0.15) is 10.4 Å². The molecule has 0 fully saturated rings. The number of hydrogen-bond acceptors (Lipinski definition) is 2. The molecule has 0 aliphatic carbocycles. The van der Waals surface area contributed by atoms with E-state index in [1.54, 1.807) is 7.05 Å². The standard InChI is InChI=1S/C9H6FN3/c1-13-9-7(5-12-13)6(4-11)2-3-8(9)10/h2-3,5H,1H3. The number of aromatic nitrogens is 2. The number of rotatable bonds is 0. The minimum atomic E-state index is -0.353. The average molecular weight is 175 g/mol. The lowest BCUT2D eigenvalue weighted by Crippen LogP contribution is -1.92. The van der Waals surface area contributed by atoms with Crippen molar-refractivity contribution in [1.82, 2.24) is 9.78 Å². The van der Waals surface area contributed by atoms with Gasteiger partial charge in [-0.1, -0.05) is 0 Å². The fourth-order valence-corrected chi connectivity index (χ4v) is 1.34. The summed E-state index contributed by atoms with van der Waals surface area (Å²) in [5, 5.41) is 13.2. The van der Waals surface area contributed by atoms with Crippen molar-refractivity contribution in [2.24, 2.45) is 7.05 Å². The summed E-state index contributed by atoms with van der Waals surface area (Å²) < 4.78 is 14.6. The highest BCUT2D eigenvalue weighted by Crippen LogP contribution is 2.20. The molecule has 2 aromatic rings. The predicted molar refractivity (Wildman–Crippen MR) is 45.4 cm³/mol. The molecule has 1 aromatic heterocycles. The molecule has 1 heterocycles. The fraction of sp³-hybridized carbons (Fsp3) is 0.111. The van der Waals surface area contributed by atoms with E-state index in [1.165, 1.54) is 23.0 Å². The Bertz CT molecular complexity index is 507. The monoisotopic (exact) mass is 175 g/mol. The number of nitrogens with zero attached hydrogens (tertiary/aromatic N) is 3. The van der Waals surface area contributed by atoms with Gasteiger partial charge in [-0.15, -0.1) is 0 Å². The van der Waals surface area contributed by atoms with Crippen molar-refractivity contribution in [2.75, 3.05) is 0 Å². The molecule has 0 bridgehead atoms. The fourth-order valence-electron chi connectivity index (χ4n) is 1.34. The minimum absolute atomic E-state index is 0.353. The Labute approximate surface area is 74.0 Å². The number of hydrogen-bond donors (Lipinski definition) is 0. The second kappa shape index (κ2) is 2.56. The van der Waals surface area contributed by atoms with Crippen LogP contribution in [0.15, 0.2) is 18.3 Å². The third-order valence-corrected chi connectivity index (χ3v) is 1.97. The van der Waals surface area contributed by atoms with Crippen LogP contribution < -0.4 is 0 Å². The van der Waals surface area contributed by atoms with E-state index in [9.17, 15) is 4.39 Å². The van der Waals surface area contributed by atoms with E-state index in [4.69, 9.17) is 5.26 Å². The Morgan fingerprint density at radius 3 is 3.00 bits per heavy atom. The van der Waals surface area contributed by atoms with Crippen LogP contribution in [-0.4, -0.2) is 9.78 Å². The lowest BCUT2D eigenvalue weighted by Gasteiger charge is -1.96. The van der Waals surface area contributed by atoms with Crippen molar-refractivity contribution in [3.8, 4) is 6.07 Å². The molecule has 13 heavy (non-hydrogen) atoms. The van der Waals surface area contributed by atoms with Gasteiger partial charge in [-0.25, -0.2) is 4.39 Å². The van der Waals surface area contributed by atoms with Crippen LogP contribution in [0.2, 0.25) is 0 Å². The number of aryl methyl sites for hydroxylation is 1. The van der Waals surface area contributed by atoms with Gasteiger partial charge in [0.25, 0.3) is 0 Å². The normalized spacial score (nSPS) is 10.2. The first kappa shape index (κ1) is 7.74. The second-order valence-electron chi connectivity index (χ2n) is 2.74. The van der Waals surface area contributed by atoms with Crippen molar-refractivity contribution in [3.63, 3.8) is 0 Å². The maximum atomic E-state index is 13.2. The second-order valence-corrected chi connectivity index (χ2v) is 2.74. The van der Waals surface area contributed by atoms with Crippen LogP contribution in [0, 0.1) is 17.1 Å². The summed E-state index contributed by atoms with van der Waals surface area (Å²) in [6.45, 7) is 0. The zero-order valence-corrected chi connectivity index (χ0v) is 6.95. The molecule has 0 spiro atoms. The van der Waals surface area contributed by atoms with Gasteiger partial charge < -0.3 is 0 Å². The quantitative estimate of drug-likeness (QED) is 0.610. The lowest BCUT2D eigenvalue weighted by molar-refractivity contribution is 0.625. The van der Waals surface area contributed by atoms with Crippen LogP contribution in [0.5, 0.6) is 0 Å². The van der Waals surface area contributed by atoms with Gasteiger partial charge in [0.1, 0.15) is 11.3 Å². The van der Waals surface area contributed by atoms with E-state index in [0.717, 1.165) is 0 Å². The van der Waals surface area contributed by atoms with Gasteiger partial charge in [0.2, 0.25) is 0 Å². The number of halogens is 1. The maximum Gasteiger partial charge on any atom is 0.149 e. The van der Waals surface area contributed by atoms with Crippen LogP contribution in [0.3, 0.4) is 0 Å². The molecule has 0 aliphatic heterocycles. The molecular weight excluding hydrogens is 169 g/mol. The molecular formula is C9H6FN3. The minimum Gasteiger partial charge on any atom is -0.265 e. The highest BCUT2D eigenvalue weighted by molar-refractivity contribution is 5.85. The Hall–Kier alpha value is -1.89. The van der Waals surface area contributed by atoms with Gasteiger partial charge in [0.05, 0.1) is 17.8 Å². The summed E-state index contributed by atoms with van der Waals surface area (Å²) in [6.07, 6.45) is 1.50. The van der Waals surface area contributed by atoms with Crippen molar-refractivity contribution < 1.29 is 4.39 Å². The lowest BCUT2D eigenvalue weighted by atomic mass is 10.1. The number of nitriles is 1. The van der Waals surface area contributed by atoms with Gasteiger partial charge in [0, 0.05) is 12.4 Å². The summed E-state index contributed by atoms with van der Waals surface area (Å²) in [5.41, 5.74) is 0.823. The highest BCUT2D eigenvalue weighted by atomic mass is 19.1. The first-order chi connectivity index (χ1) is 6.24. The van der Waals surface area contributed by atoms with Crippen LogP contribution in [0.1, 0.15) is 5.56 Å². The molecule has 0 atom stereocenters. The zero-order chi connectivity index (χ0) is 9.42. The molecule has 0 saturated heterocycles. The summed E-state index contributed by atoms with van der Waals surface area (Å²) in [4.78, 5) is 0.